The van der Waals surface area contributed by atoms with Crippen LogP contribution in [-0.4, -0.2) is 51.5 Å². The summed E-state index contributed by atoms with van der Waals surface area (Å²) in [5.74, 6) is -1.60. The quantitative estimate of drug-likeness (QED) is 0.530. The van der Waals surface area contributed by atoms with Crippen LogP contribution in [0.2, 0.25) is 0 Å². The highest BCUT2D eigenvalue weighted by Gasteiger charge is 2.45. The summed E-state index contributed by atoms with van der Waals surface area (Å²) < 4.78 is 5.36. The van der Waals surface area contributed by atoms with Crippen molar-refractivity contribution >= 4 is 23.8 Å². The van der Waals surface area contributed by atoms with Gasteiger partial charge in [0.25, 0.3) is 0 Å². The molecule has 0 N–H and O–H groups in total. The smallest absolute Gasteiger partial charge is 0.334 e. The van der Waals surface area contributed by atoms with Crippen LogP contribution < -0.4 is 0 Å². The van der Waals surface area contributed by atoms with E-state index in [0.717, 1.165) is 41.2 Å². The molecule has 1 aliphatic heterocycles. The summed E-state index contributed by atoms with van der Waals surface area (Å²) in [6.45, 7) is 3.60. The standard InChI is InChI=1S/C20H25N3O5/c1-14(2)11-22-18(25)19(26)23(20(22)27)13-17(24)21(12-16-9-6-10-28-16)15-7-4-3-5-8-15/h6-7,9-10,14H,3-5,8,11-13H2,1-2H3. The fourth-order valence-electron chi connectivity index (χ4n) is 3.41. The Morgan fingerprint density at radius 2 is 1.93 bits per heavy atom. The van der Waals surface area contributed by atoms with Crippen molar-refractivity contribution < 1.29 is 23.6 Å². The van der Waals surface area contributed by atoms with Crippen LogP contribution >= 0.6 is 0 Å². The number of furan rings is 1. The number of carbonyl (C=O) groups excluding carboxylic acids is 4. The molecule has 1 fully saturated rings. The second kappa shape index (κ2) is 8.41. The number of imide groups is 2. The maximum atomic E-state index is 13.0. The average molecular weight is 387 g/mol. The minimum atomic E-state index is -0.949. The lowest BCUT2D eigenvalue weighted by atomic mass is 10.0. The summed E-state index contributed by atoms with van der Waals surface area (Å²) in [7, 11) is 0. The largest absolute Gasteiger partial charge is 0.467 e. The molecule has 1 saturated heterocycles. The number of rotatable bonds is 7. The number of amides is 5. The Balaban J connectivity index is 1.77. The summed E-state index contributed by atoms with van der Waals surface area (Å²) >= 11 is 0. The fraction of sp³-hybridized carbons (Fsp3) is 0.500. The van der Waals surface area contributed by atoms with Gasteiger partial charge in [0, 0.05) is 12.2 Å². The third-order valence-electron chi connectivity index (χ3n) is 4.78. The van der Waals surface area contributed by atoms with Gasteiger partial charge in [0.15, 0.2) is 0 Å². The predicted octanol–water partition coefficient (Wildman–Crippen LogP) is 2.51. The van der Waals surface area contributed by atoms with Crippen LogP contribution in [0.15, 0.2) is 34.6 Å². The molecule has 0 aromatic carbocycles. The second-order valence-corrected chi connectivity index (χ2v) is 7.48. The molecule has 2 heterocycles. The van der Waals surface area contributed by atoms with E-state index < -0.39 is 30.3 Å². The predicted molar refractivity (Wildman–Crippen MR) is 99.5 cm³/mol. The van der Waals surface area contributed by atoms with Crippen molar-refractivity contribution in [2.75, 3.05) is 13.1 Å². The molecule has 1 aromatic rings. The molecule has 28 heavy (non-hydrogen) atoms. The maximum Gasteiger partial charge on any atom is 0.334 e. The third-order valence-corrected chi connectivity index (χ3v) is 4.78. The van der Waals surface area contributed by atoms with E-state index in [4.69, 9.17) is 4.42 Å². The first-order valence-corrected chi connectivity index (χ1v) is 9.57. The van der Waals surface area contributed by atoms with Crippen LogP contribution in [0.1, 0.15) is 45.3 Å². The van der Waals surface area contributed by atoms with E-state index in [0.29, 0.717) is 5.76 Å². The first kappa shape index (κ1) is 19.9. The van der Waals surface area contributed by atoms with Crippen molar-refractivity contribution in [2.24, 2.45) is 5.92 Å². The highest BCUT2D eigenvalue weighted by Crippen LogP contribution is 2.24. The van der Waals surface area contributed by atoms with Gasteiger partial charge in [-0.2, -0.15) is 0 Å². The molecule has 1 aromatic heterocycles. The number of allylic oxidation sites excluding steroid dienone is 2. The highest BCUT2D eigenvalue weighted by molar-refractivity contribution is 6.45. The lowest BCUT2D eigenvalue weighted by Gasteiger charge is -2.28. The monoisotopic (exact) mass is 387 g/mol. The third kappa shape index (κ3) is 4.16. The molecule has 1 aliphatic carbocycles. The molecular weight excluding hydrogens is 362 g/mol. The molecule has 0 unspecified atom stereocenters. The van der Waals surface area contributed by atoms with Gasteiger partial charge in [0.05, 0.1) is 12.8 Å². The summed E-state index contributed by atoms with van der Waals surface area (Å²) in [6, 6.07) is 2.78. The summed E-state index contributed by atoms with van der Waals surface area (Å²) in [5.41, 5.74) is 0.858. The van der Waals surface area contributed by atoms with E-state index in [1.54, 1.807) is 17.0 Å². The number of hydrogen-bond donors (Lipinski definition) is 0. The molecule has 0 atom stereocenters. The zero-order valence-corrected chi connectivity index (χ0v) is 16.2. The molecule has 5 amide bonds. The molecule has 0 spiro atoms. The van der Waals surface area contributed by atoms with Crippen LogP contribution in [-0.2, 0) is 20.9 Å². The normalized spacial score (nSPS) is 17.5. The van der Waals surface area contributed by atoms with E-state index in [1.165, 1.54) is 6.26 Å². The Morgan fingerprint density at radius 1 is 1.18 bits per heavy atom. The van der Waals surface area contributed by atoms with Crippen molar-refractivity contribution in [2.45, 2.75) is 46.1 Å². The van der Waals surface area contributed by atoms with Crippen molar-refractivity contribution in [3.05, 3.63) is 35.9 Å². The zero-order chi connectivity index (χ0) is 20.3. The van der Waals surface area contributed by atoms with Crippen molar-refractivity contribution in [1.29, 1.82) is 0 Å². The number of nitrogens with zero attached hydrogens (tertiary/aromatic N) is 3. The van der Waals surface area contributed by atoms with E-state index in [-0.39, 0.29) is 19.0 Å². The van der Waals surface area contributed by atoms with E-state index in [2.05, 4.69) is 0 Å². The Hall–Kier alpha value is -2.90. The second-order valence-electron chi connectivity index (χ2n) is 7.48. The lowest BCUT2D eigenvalue weighted by molar-refractivity contribution is -0.144. The molecule has 150 valence electrons. The fourth-order valence-corrected chi connectivity index (χ4v) is 3.41. The Morgan fingerprint density at radius 3 is 2.54 bits per heavy atom. The number of urea groups is 1. The van der Waals surface area contributed by atoms with Gasteiger partial charge in [-0.15, -0.1) is 0 Å². The van der Waals surface area contributed by atoms with E-state index in [9.17, 15) is 19.2 Å². The first-order chi connectivity index (χ1) is 13.4. The van der Waals surface area contributed by atoms with Crippen LogP contribution in [0.5, 0.6) is 0 Å². The molecular formula is C20H25N3O5. The van der Waals surface area contributed by atoms with E-state index in [1.807, 2.05) is 19.9 Å². The van der Waals surface area contributed by atoms with Gasteiger partial charge in [-0.1, -0.05) is 19.9 Å². The minimum Gasteiger partial charge on any atom is -0.467 e. The Labute approximate surface area is 163 Å². The Kier molecular flexibility index (Phi) is 5.96. The lowest BCUT2D eigenvalue weighted by Crippen LogP contribution is -2.43. The minimum absolute atomic E-state index is 0.0270. The summed E-state index contributed by atoms with van der Waals surface area (Å²) in [6.07, 6.45) is 7.19. The molecule has 8 heteroatoms. The van der Waals surface area contributed by atoms with Gasteiger partial charge < -0.3 is 9.32 Å². The van der Waals surface area contributed by atoms with Crippen molar-refractivity contribution in [3.8, 4) is 0 Å². The summed E-state index contributed by atoms with van der Waals surface area (Å²) in [5, 5.41) is 0. The molecule has 2 aliphatic rings. The molecule has 8 nitrogen and oxygen atoms in total. The van der Waals surface area contributed by atoms with Crippen LogP contribution in [0.3, 0.4) is 0 Å². The van der Waals surface area contributed by atoms with Gasteiger partial charge in [-0.25, -0.2) is 9.69 Å². The highest BCUT2D eigenvalue weighted by atomic mass is 16.3. The van der Waals surface area contributed by atoms with E-state index >= 15 is 0 Å². The summed E-state index contributed by atoms with van der Waals surface area (Å²) in [4.78, 5) is 53.1. The van der Waals surface area contributed by atoms with Gasteiger partial charge >= 0.3 is 17.8 Å². The zero-order valence-electron chi connectivity index (χ0n) is 16.2. The van der Waals surface area contributed by atoms with Gasteiger partial charge in [-0.3, -0.25) is 19.3 Å². The molecule has 0 radical (unpaired) electrons. The number of carbonyl (C=O) groups is 4. The van der Waals surface area contributed by atoms with Gasteiger partial charge in [0.1, 0.15) is 12.3 Å². The SMILES string of the molecule is CC(C)CN1C(=O)C(=O)N(CC(=O)N(Cc2ccco2)C2=CCCCC2)C1=O. The molecule has 3 rings (SSSR count). The van der Waals surface area contributed by atoms with Crippen molar-refractivity contribution in [1.82, 2.24) is 14.7 Å². The van der Waals surface area contributed by atoms with Crippen molar-refractivity contribution in [3.63, 3.8) is 0 Å². The molecule has 0 bridgehead atoms. The van der Waals surface area contributed by atoms with Crippen LogP contribution in [0, 0.1) is 5.92 Å². The van der Waals surface area contributed by atoms with Crippen LogP contribution in [0.25, 0.3) is 0 Å². The van der Waals surface area contributed by atoms with Gasteiger partial charge in [0.2, 0.25) is 5.91 Å². The molecule has 0 saturated carbocycles. The maximum absolute atomic E-state index is 13.0. The van der Waals surface area contributed by atoms with Gasteiger partial charge in [-0.05, 0) is 43.7 Å². The number of hydrogen-bond acceptors (Lipinski definition) is 5. The topological polar surface area (TPSA) is 91.1 Å². The Bertz CT molecular complexity index is 797. The first-order valence-electron chi connectivity index (χ1n) is 9.57. The average Bonchev–Trinajstić information content (AvgIpc) is 3.26. The van der Waals surface area contributed by atoms with Crippen LogP contribution in [0.4, 0.5) is 4.79 Å².